The van der Waals surface area contributed by atoms with Gasteiger partial charge >= 0.3 is 0 Å². The van der Waals surface area contributed by atoms with E-state index in [1.165, 1.54) is 0 Å². The first-order chi connectivity index (χ1) is 22.5. The summed E-state index contributed by atoms with van der Waals surface area (Å²) in [6.45, 7) is 0. The van der Waals surface area contributed by atoms with E-state index in [4.69, 9.17) is 0 Å². The van der Waals surface area contributed by atoms with E-state index in [1.807, 2.05) is 48.6 Å². The molecule has 0 radical (unpaired) electrons. The fourth-order valence-corrected chi connectivity index (χ4v) is 7.19. The summed E-state index contributed by atoms with van der Waals surface area (Å²) in [6.07, 6.45) is 11.3. The second-order valence-corrected chi connectivity index (χ2v) is 11.5. The molecular formula is C42H20O4. The summed E-state index contributed by atoms with van der Waals surface area (Å²) in [5, 5.41) is 0. The van der Waals surface area contributed by atoms with Crippen molar-refractivity contribution >= 4 is 34.3 Å². The molecule has 4 heteroatoms. The van der Waals surface area contributed by atoms with Crippen LogP contribution in [-0.2, 0) is 0 Å². The predicted octanol–water partition coefficient (Wildman–Crippen LogP) is 7.76. The molecule has 0 aliphatic heterocycles. The Hall–Kier alpha value is -6.44. The number of benzene rings is 4. The van der Waals surface area contributed by atoms with Gasteiger partial charge in [-0.2, -0.15) is 0 Å². The SMILES string of the molecule is O=C1c2ccccc2C(=O)c2c1cccc2C1=C(C2=C=CC=C2)C(c2cccc3c2C(=O)c2ccccc2C3=O)=C1C1=C=CC=C1. The summed E-state index contributed by atoms with van der Waals surface area (Å²) in [6, 6.07) is 24.6. The van der Waals surface area contributed by atoms with E-state index in [0.717, 1.165) is 33.4 Å². The van der Waals surface area contributed by atoms with Crippen LogP contribution in [0.5, 0.6) is 0 Å². The molecule has 0 heterocycles. The molecule has 0 aromatic heterocycles. The Morgan fingerprint density at radius 3 is 1.07 bits per heavy atom. The quantitative estimate of drug-likeness (QED) is 0.198. The zero-order valence-electron chi connectivity index (χ0n) is 24.2. The van der Waals surface area contributed by atoms with Crippen LogP contribution in [-0.4, -0.2) is 23.1 Å². The summed E-state index contributed by atoms with van der Waals surface area (Å²) in [4.78, 5) is 55.7. The van der Waals surface area contributed by atoms with E-state index < -0.39 is 0 Å². The first kappa shape index (κ1) is 26.0. The molecule has 5 aliphatic carbocycles. The van der Waals surface area contributed by atoms with Crippen LogP contribution in [0, 0.1) is 0 Å². The number of fused-ring (bicyclic) bond motifs is 4. The fourth-order valence-electron chi connectivity index (χ4n) is 7.19. The minimum atomic E-state index is -0.215. The van der Waals surface area contributed by atoms with Crippen molar-refractivity contribution in [3.63, 3.8) is 0 Å². The highest BCUT2D eigenvalue weighted by Gasteiger charge is 2.42. The molecule has 0 saturated carbocycles. The number of ketones is 4. The molecule has 4 aromatic rings. The zero-order valence-corrected chi connectivity index (χ0v) is 24.2. The van der Waals surface area contributed by atoms with Gasteiger partial charge in [-0.15, -0.1) is 11.5 Å². The van der Waals surface area contributed by atoms with Crippen molar-refractivity contribution in [3.8, 4) is 0 Å². The van der Waals surface area contributed by atoms with E-state index in [2.05, 4.69) is 11.5 Å². The topological polar surface area (TPSA) is 68.3 Å². The van der Waals surface area contributed by atoms with E-state index in [1.54, 1.807) is 72.8 Å². The van der Waals surface area contributed by atoms with E-state index in [-0.39, 0.29) is 23.1 Å². The van der Waals surface area contributed by atoms with Gasteiger partial charge in [-0.1, -0.05) is 97.1 Å². The van der Waals surface area contributed by atoms with E-state index >= 15 is 0 Å². The minimum Gasteiger partial charge on any atom is -0.289 e. The molecule has 4 nitrogen and oxygen atoms in total. The number of carbonyl (C=O) groups excluding carboxylic acids is 4. The van der Waals surface area contributed by atoms with Crippen LogP contribution in [0.25, 0.3) is 11.1 Å². The molecule has 0 bridgehead atoms. The maximum Gasteiger partial charge on any atom is 0.195 e. The third-order valence-corrected chi connectivity index (χ3v) is 9.18. The van der Waals surface area contributed by atoms with Crippen LogP contribution in [0.1, 0.15) is 74.8 Å². The van der Waals surface area contributed by atoms with Gasteiger partial charge in [0.05, 0.1) is 0 Å². The number of carbonyl (C=O) groups is 4. The molecular weight excluding hydrogens is 568 g/mol. The van der Waals surface area contributed by atoms with Crippen molar-refractivity contribution in [3.05, 3.63) is 211 Å². The third kappa shape index (κ3) is 3.40. The Balaban J connectivity index is 1.34. The van der Waals surface area contributed by atoms with Crippen molar-refractivity contribution in [2.45, 2.75) is 0 Å². The first-order valence-corrected chi connectivity index (χ1v) is 14.9. The molecule has 0 atom stereocenters. The van der Waals surface area contributed by atoms with Crippen LogP contribution < -0.4 is 0 Å². The minimum absolute atomic E-state index is 0.195. The predicted molar refractivity (Wildman–Crippen MR) is 175 cm³/mol. The summed E-state index contributed by atoms with van der Waals surface area (Å²) in [5.41, 5.74) is 15.5. The lowest BCUT2D eigenvalue weighted by atomic mass is 9.66. The van der Waals surface area contributed by atoms with Crippen LogP contribution in [0.15, 0.2) is 155 Å². The van der Waals surface area contributed by atoms with Gasteiger partial charge in [-0.25, -0.2) is 0 Å². The molecule has 4 aromatic carbocycles. The number of hydrogen-bond acceptors (Lipinski definition) is 4. The smallest absolute Gasteiger partial charge is 0.195 e. The highest BCUT2D eigenvalue weighted by atomic mass is 16.1. The van der Waals surface area contributed by atoms with Crippen LogP contribution >= 0.6 is 0 Å². The Morgan fingerprint density at radius 2 is 0.696 bits per heavy atom. The highest BCUT2D eigenvalue weighted by Crippen LogP contribution is 2.56. The van der Waals surface area contributed by atoms with Crippen molar-refractivity contribution in [1.82, 2.24) is 0 Å². The normalized spacial score (nSPS) is 16.8. The van der Waals surface area contributed by atoms with Gasteiger partial charge in [-0.05, 0) is 35.4 Å². The molecule has 5 aliphatic rings. The number of rotatable bonds is 4. The van der Waals surface area contributed by atoms with Gasteiger partial charge < -0.3 is 0 Å². The summed E-state index contributed by atoms with van der Waals surface area (Å²) >= 11 is 0. The maximum absolute atomic E-state index is 14.2. The molecule has 0 saturated heterocycles. The zero-order chi connectivity index (χ0) is 31.1. The molecule has 0 amide bonds. The molecule has 212 valence electrons. The second-order valence-electron chi connectivity index (χ2n) is 11.5. The average molecular weight is 589 g/mol. The van der Waals surface area contributed by atoms with Crippen LogP contribution in [0.4, 0.5) is 0 Å². The van der Waals surface area contributed by atoms with Gasteiger partial charge in [0.15, 0.2) is 23.1 Å². The van der Waals surface area contributed by atoms with Gasteiger partial charge in [0.2, 0.25) is 0 Å². The van der Waals surface area contributed by atoms with Gasteiger partial charge in [0.1, 0.15) is 0 Å². The molecule has 46 heavy (non-hydrogen) atoms. The molecule has 0 spiro atoms. The molecule has 0 N–H and O–H groups in total. The summed E-state index contributed by atoms with van der Waals surface area (Å²) in [5.74, 6) is -0.821. The van der Waals surface area contributed by atoms with Crippen molar-refractivity contribution in [2.24, 2.45) is 0 Å². The molecule has 0 unspecified atom stereocenters. The number of hydrogen-bond donors (Lipinski definition) is 0. The molecule has 0 fully saturated rings. The largest absolute Gasteiger partial charge is 0.289 e. The lowest BCUT2D eigenvalue weighted by Gasteiger charge is -2.35. The van der Waals surface area contributed by atoms with Gasteiger partial charge in [0, 0.05) is 77.9 Å². The Morgan fingerprint density at radius 1 is 0.348 bits per heavy atom. The van der Waals surface area contributed by atoms with Crippen molar-refractivity contribution in [1.29, 1.82) is 0 Å². The Bertz CT molecular complexity index is 2310. The Labute approximate surface area is 263 Å². The first-order valence-electron chi connectivity index (χ1n) is 14.9. The summed E-state index contributed by atoms with van der Waals surface area (Å²) < 4.78 is 0. The maximum atomic E-state index is 14.2. The van der Waals surface area contributed by atoms with Crippen molar-refractivity contribution < 1.29 is 19.2 Å². The lowest BCUT2D eigenvalue weighted by Crippen LogP contribution is -2.26. The lowest BCUT2D eigenvalue weighted by molar-refractivity contribution is 0.0979. The third-order valence-electron chi connectivity index (χ3n) is 9.18. The average Bonchev–Trinajstić information content (AvgIpc) is 3.81. The van der Waals surface area contributed by atoms with E-state index in [0.29, 0.717) is 55.6 Å². The fraction of sp³-hybridized carbons (Fsp3) is 0. The number of allylic oxidation sites excluding steroid dienone is 10. The van der Waals surface area contributed by atoms with Gasteiger partial charge in [0.25, 0.3) is 0 Å². The van der Waals surface area contributed by atoms with Crippen LogP contribution in [0.3, 0.4) is 0 Å². The summed E-state index contributed by atoms with van der Waals surface area (Å²) in [7, 11) is 0. The standard InChI is InChI=1S/C42H20O4/c43-39-25-15-5-7-17-27(25)41(45)35-29(19-9-21-31(35)39)37-33(23-11-1-2-12-23)38(34(37)24-13-3-4-14-24)30-20-10-22-32-36(30)42(46)28-18-8-6-16-26(28)40(32)44/h1-11,13,15-22H. The van der Waals surface area contributed by atoms with Crippen LogP contribution in [0.2, 0.25) is 0 Å². The van der Waals surface area contributed by atoms with E-state index in [9.17, 15) is 19.2 Å². The Kier molecular flexibility index (Phi) is 5.39. The molecule has 9 rings (SSSR count). The highest BCUT2D eigenvalue weighted by molar-refractivity contribution is 6.33. The van der Waals surface area contributed by atoms with Crippen molar-refractivity contribution in [2.75, 3.05) is 0 Å². The van der Waals surface area contributed by atoms with Gasteiger partial charge in [-0.3, -0.25) is 19.2 Å². The second kappa shape index (κ2) is 9.53. The monoisotopic (exact) mass is 588 g/mol.